The number of nitrogens with zero attached hydrogens (tertiary/aromatic N) is 2. The second-order valence-corrected chi connectivity index (χ2v) is 6.19. The molecule has 0 bridgehead atoms. The molecular weight excluding hydrogens is 272 g/mol. The summed E-state index contributed by atoms with van der Waals surface area (Å²) < 4.78 is 5.22. The molecule has 1 rings (SSSR count). The molecule has 0 radical (unpaired) electrons. The summed E-state index contributed by atoms with van der Waals surface area (Å²) in [5, 5.41) is 1.15. The van der Waals surface area contributed by atoms with Gasteiger partial charge in [0.15, 0.2) is 0 Å². The van der Waals surface area contributed by atoms with Crippen molar-refractivity contribution >= 4 is 29.3 Å². The van der Waals surface area contributed by atoms with E-state index >= 15 is 0 Å². The topological polar surface area (TPSA) is 52.1 Å². The number of rotatable bonds is 3. The maximum Gasteiger partial charge on any atom is 0.316 e. The molecule has 0 amide bonds. The van der Waals surface area contributed by atoms with Crippen molar-refractivity contribution in [3.63, 3.8) is 0 Å². The molecule has 100 valence electrons. The van der Waals surface area contributed by atoms with Crippen LogP contribution in [0, 0.1) is 13.8 Å². The van der Waals surface area contributed by atoms with Gasteiger partial charge in [0.05, 0.1) is 5.75 Å². The van der Waals surface area contributed by atoms with Crippen LogP contribution in [0.3, 0.4) is 0 Å². The van der Waals surface area contributed by atoms with E-state index in [1.54, 1.807) is 6.92 Å². The molecule has 1 heterocycles. The molecule has 0 aliphatic carbocycles. The van der Waals surface area contributed by atoms with Gasteiger partial charge < -0.3 is 4.74 Å². The SMILES string of the molecule is Cc1nc(Cl)c(C)c(SCC(=O)OC(C)(C)C)n1. The summed E-state index contributed by atoms with van der Waals surface area (Å²) in [6.07, 6.45) is 0. The van der Waals surface area contributed by atoms with Crippen molar-refractivity contribution in [1.29, 1.82) is 0 Å². The first-order valence-electron chi connectivity index (χ1n) is 5.54. The number of esters is 1. The minimum Gasteiger partial charge on any atom is -0.459 e. The first-order valence-corrected chi connectivity index (χ1v) is 6.91. The third-order valence-electron chi connectivity index (χ3n) is 1.90. The van der Waals surface area contributed by atoms with Crippen LogP contribution in [-0.4, -0.2) is 27.3 Å². The first-order chi connectivity index (χ1) is 8.19. The molecule has 0 saturated heterocycles. The van der Waals surface area contributed by atoms with E-state index in [1.165, 1.54) is 11.8 Å². The van der Waals surface area contributed by atoms with Gasteiger partial charge in [-0.25, -0.2) is 9.97 Å². The van der Waals surface area contributed by atoms with Crippen molar-refractivity contribution in [3.8, 4) is 0 Å². The summed E-state index contributed by atoms with van der Waals surface area (Å²) in [6.45, 7) is 9.12. The quantitative estimate of drug-likeness (QED) is 0.486. The number of carbonyl (C=O) groups excluding carboxylic acids is 1. The van der Waals surface area contributed by atoms with Gasteiger partial charge in [-0.05, 0) is 34.6 Å². The van der Waals surface area contributed by atoms with E-state index in [0.717, 1.165) is 10.6 Å². The summed E-state index contributed by atoms with van der Waals surface area (Å²) >= 11 is 7.27. The summed E-state index contributed by atoms with van der Waals surface area (Å²) in [6, 6.07) is 0. The van der Waals surface area contributed by atoms with Crippen LogP contribution in [0.5, 0.6) is 0 Å². The lowest BCUT2D eigenvalue weighted by Gasteiger charge is -2.19. The normalized spacial score (nSPS) is 11.4. The van der Waals surface area contributed by atoms with E-state index < -0.39 is 5.60 Å². The molecule has 1 aromatic heterocycles. The van der Waals surface area contributed by atoms with Crippen LogP contribution in [0.25, 0.3) is 0 Å². The maximum absolute atomic E-state index is 11.6. The number of carbonyl (C=O) groups is 1. The average Bonchev–Trinajstić information content (AvgIpc) is 2.18. The zero-order valence-corrected chi connectivity index (χ0v) is 12.8. The minimum absolute atomic E-state index is 0.213. The molecule has 0 N–H and O–H groups in total. The Balaban J connectivity index is 2.67. The van der Waals surface area contributed by atoms with E-state index in [9.17, 15) is 4.79 Å². The first kappa shape index (κ1) is 15.2. The standard InChI is InChI=1S/C12H17ClN2O2S/c1-7-10(13)14-8(2)15-11(7)18-6-9(16)17-12(3,4)5/h6H2,1-5H3. The van der Waals surface area contributed by atoms with Gasteiger partial charge in [-0.2, -0.15) is 0 Å². The smallest absolute Gasteiger partial charge is 0.316 e. The zero-order chi connectivity index (χ0) is 13.9. The Morgan fingerprint density at radius 1 is 1.33 bits per heavy atom. The number of thioether (sulfide) groups is 1. The third kappa shape index (κ3) is 4.82. The lowest BCUT2D eigenvalue weighted by atomic mass is 10.2. The van der Waals surface area contributed by atoms with E-state index in [0.29, 0.717) is 11.0 Å². The summed E-state index contributed by atoms with van der Waals surface area (Å²) in [7, 11) is 0. The number of aromatic nitrogens is 2. The molecule has 0 spiro atoms. The molecule has 0 aliphatic rings. The predicted molar refractivity (Wildman–Crippen MR) is 73.1 cm³/mol. The predicted octanol–water partition coefficient (Wildman–Crippen LogP) is 3.18. The second-order valence-electron chi connectivity index (χ2n) is 4.87. The summed E-state index contributed by atoms with van der Waals surface area (Å²) in [5.41, 5.74) is 0.321. The van der Waals surface area contributed by atoms with Crippen LogP contribution in [0.4, 0.5) is 0 Å². The molecular formula is C12H17ClN2O2S. The van der Waals surface area contributed by atoms with Crippen molar-refractivity contribution in [2.24, 2.45) is 0 Å². The molecule has 6 heteroatoms. The van der Waals surface area contributed by atoms with Crippen molar-refractivity contribution in [2.45, 2.75) is 45.2 Å². The monoisotopic (exact) mass is 288 g/mol. The minimum atomic E-state index is -0.466. The van der Waals surface area contributed by atoms with Gasteiger partial charge in [-0.1, -0.05) is 23.4 Å². The summed E-state index contributed by atoms with van der Waals surface area (Å²) in [5.74, 6) is 0.543. The molecule has 18 heavy (non-hydrogen) atoms. The molecule has 0 aromatic carbocycles. The fourth-order valence-electron chi connectivity index (χ4n) is 1.21. The number of hydrogen-bond acceptors (Lipinski definition) is 5. The highest BCUT2D eigenvalue weighted by Gasteiger charge is 2.17. The number of ether oxygens (including phenoxy) is 1. The fourth-order valence-corrected chi connectivity index (χ4v) is 2.30. The molecule has 0 aliphatic heterocycles. The molecule has 0 atom stereocenters. The van der Waals surface area contributed by atoms with E-state index in [4.69, 9.17) is 16.3 Å². The molecule has 1 aromatic rings. The Morgan fingerprint density at radius 2 is 1.94 bits per heavy atom. The summed E-state index contributed by atoms with van der Waals surface area (Å²) in [4.78, 5) is 19.9. The van der Waals surface area contributed by atoms with Gasteiger partial charge >= 0.3 is 5.97 Å². The van der Waals surface area contributed by atoms with Gasteiger partial charge in [0.1, 0.15) is 21.6 Å². The zero-order valence-electron chi connectivity index (χ0n) is 11.2. The highest BCUT2D eigenvalue weighted by Crippen LogP contribution is 2.25. The Morgan fingerprint density at radius 3 is 2.50 bits per heavy atom. The van der Waals surface area contributed by atoms with Crippen molar-refractivity contribution < 1.29 is 9.53 Å². The Bertz CT molecular complexity index is 458. The van der Waals surface area contributed by atoms with Gasteiger partial charge in [0, 0.05) is 5.56 Å². The highest BCUT2D eigenvalue weighted by atomic mass is 35.5. The van der Waals surface area contributed by atoms with E-state index in [2.05, 4.69) is 9.97 Å². The average molecular weight is 289 g/mol. The second kappa shape index (κ2) is 5.89. The Kier molecular flexibility index (Phi) is 4.99. The van der Waals surface area contributed by atoms with Crippen LogP contribution in [0.2, 0.25) is 5.15 Å². The van der Waals surface area contributed by atoms with Gasteiger partial charge in [-0.15, -0.1) is 0 Å². The molecule has 0 unspecified atom stereocenters. The van der Waals surface area contributed by atoms with Gasteiger partial charge in [0.25, 0.3) is 0 Å². The van der Waals surface area contributed by atoms with Crippen LogP contribution >= 0.6 is 23.4 Å². The lowest BCUT2D eigenvalue weighted by molar-refractivity contribution is -0.151. The van der Waals surface area contributed by atoms with Crippen LogP contribution < -0.4 is 0 Å². The van der Waals surface area contributed by atoms with Crippen molar-refractivity contribution in [3.05, 3.63) is 16.5 Å². The number of halogens is 1. The van der Waals surface area contributed by atoms with Crippen molar-refractivity contribution in [1.82, 2.24) is 9.97 Å². The van der Waals surface area contributed by atoms with Crippen LogP contribution in [-0.2, 0) is 9.53 Å². The van der Waals surface area contributed by atoms with Crippen LogP contribution in [0.1, 0.15) is 32.2 Å². The number of aryl methyl sites for hydroxylation is 1. The van der Waals surface area contributed by atoms with Crippen LogP contribution in [0.15, 0.2) is 5.03 Å². The van der Waals surface area contributed by atoms with E-state index in [-0.39, 0.29) is 11.7 Å². The molecule has 0 fully saturated rings. The molecule has 0 saturated carbocycles. The van der Waals surface area contributed by atoms with Crippen molar-refractivity contribution in [2.75, 3.05) is 5.75 Å². The number of hydrogen-bond donors (Lipinski definition) is 0. The highest BCUT2D eigenvalue weighted by molar-refractivity contribution is 7.99. The largest absolute Gasteiger partial charge is 0.459 e. The lowest BCUT2D eigenvalue weighted by Crippen LogP contribution is -2.25. The van der Waals surface area contributed by atoms with E-state index in [1.807, 2.05) is 27.7 Å². The molecule has 4 nitrogen and oxygen atoms in total. The Hall–Kier alpha value is -0.810. The fraction of sp³-hybridized carbons (Fsp3) is 0.583. The third-order valence-corrected chi connectivity index (χ3v) is 3.32. The van der Waals surface area contributed by atoms with Gasteiger partial charge in [0.2, 0.25) is 0 Å². The van der Waals surface area contributed by atoms with Gasteiger partial charge in [-0.3, -0.25) is 4.79 Å². The Labute approximate surface area is 116 Å². The maximum atomic E-state index is 11.6.